The Hall–Kier alpha value is -1.12. The number of nitrogens with zero attached hydrogens (tertiary/aromatic N) is 3. The largest absolute Gasteiger partial charge is 0.250 e. The van der Waals surface area contributed by atoms with Gasteiger partial charge in [-0.1, -0.05) is 38.5 Å². The van der Waals surface area contributed by atoms with Crippen LogP contribution in [0.3, 0.4) is 0 Å². The van der Waals surface area contributed by atoms with Gasteiger partial charge < -0.3 is 0 Å². The van der Waals surface area contributed by atoms with Gasteiger partial charge in [-0.25, -0.2) is 4.68 Å². The summed E-state index contributed by atoms with van der Waals surface area (Å²) in [4.78, 5) is 0. The molecule has 0 saturated carbocycles. The molecule has 0 aliphatic heterocycles. The van der Waals surface area contributed by atoms with Crippen molar-refractivity contribution in [3.63, 3.8) is 0 Å². The number of allylic oxidation sites excluding steroid dienone is 1. The first-order valence-electron chi connectivity index (χ1n) is 6.39. The van der Waals surface area contributed by atoms with E-state index in [9.17, 15) is 0 Å². The molecule has 0 saturated heterocycles. The Balaban J connectivity index is 0.00000121. The van der Waals surface area contributed by atoms with Crippen molar-refractivity contribution in [2.75, 3.05) is 0 Å². The van der Waals surface area contributed by atoms with E-state index in [1.165, 1.54) is 5.57 Å². The predicted molar refractivity (Wildman–Crippen MR) is 74.2 cm³/mol. The first-order chi connectivity index (χ1) is 7.83. The summed E-state index contributed by atoms with van der Waals surface area (Å²) in [5.41, 5.74) is 2.25. The summed E-state index contributed by atoms with van der Waals surface area (Å²) in [6.45, 7) is 18.6. The SMILES string of the molecule is C=C(C)CC(C)(C)c1cn(C(C)C)nn1.CC. The monoisotopic (exact) mass is 237 g/mol. The third kappa shape index (κ3) is 4.72. The molecule has 0 aromatic carbocycles. The van der Waals surface area contributed by atoms with Crippen LogP contribution in [0.1, 0.15) is 66.6 Å². The summed E-state index contributed by atoms with van der Waals surface area (Å²) < 4.78 is 1.90. The molecule has 0 aliphatic carbocycles. The second kappa shape index (κ2) is 6.58. The zero-order chi connectivity index (χ0) is 13.6. The second-order valence-electron chi connectivity index (χ2n) is 5.20. The zero-order valence-electron chi connectivity index (χ0n) is 12.4. The molecule has 3 nitrogen and oxygen atoms in total. The van der Waals surface area contributed by atoms with Gasteiger partial charge in [0.05, 0.1) is 5.69 Å². The average molecular weight is 237 g/mol. The highest BCUT2D eigenvalue weighted by atomic mass is 15.4. The van der Waals surface area contributed by atoms with Gasteiger partial charge in [-0.3, -0.25) is 0 Å². The molecule has 0 radical (unpaired) electrons. The van der Waals surface area contributed by atoms with Crippen molar-refractivity contribution in [2.45, 2.75) is 66.3 Å². The lowest BCUT2D eigenvalue weighted by Gasteiger charge is -2.21. The normalized spacial score (nSPS) is 11.1. The molecule has 1 aromatic heterocycles. The number of rotatable bonds is 4. The van der Waals surface area contributed by atoms with E-state index in [0.717, 1.165) is 12.1 Å². The van der Waals surface area contributed by atoms with E-state index in [0.29, 0.717) is 6.04 Å². The quantitative estimate of drug-likeness (QED) is 0.737. The van der Waals surface area contributed by atoms with Crippen LogP contribution in [0.5, 0.6) is 0 Å². The van der Waals surface area contributed by atoms with Crippen LogP contribution in [-0.2, 0) is 5.41 Å². The minimum absolute atomic E-state index is 0.0268. The lowest BCUT2D eigenvalue weighted by molar-refractivity contribution is 0.502. The summed E-state index contributed by atoms with van der Waals surface area (Å²) in [5.74, 6) is 0. The third-order valence-corrected chi connectivity index (χ3v) is 2.48. The lowest BCUT2D eigenvalue weighted by Crippen LogP contribution is -2.18. The first kappa shape index (κ1) is 15.9. The van der Waals surface area contributed by atoms with Crippen LogP contribution in [-0.4, -0.2) is 15.0 Å². The van der Waals surface area contributed by atoms with Gasteiger partial charge in [0.25, 0.3) is 0 Å². The van der Waals surface area contributed by atoms with E-state index in [2.05, 4.69) is 51.5 Å². The van der Waals surface area contributed by atoms with Crippen molar-refractivity contribution < 1.29 is 0 Å². The lowest BCUT2D eigenvalue weighted by atomic mass is 9.83. The molecule has 1 heterocycles. The highest BCUT2D eigenvalue weighted by Gasteiger charge is 2.24. The van der Waals surface area contributed by atoms with Crippen LogP contribution in [0.4, 0.5) is 0 Å². The molecule has 17 heavy (non-hydrogen) atoms. The zero-order valence-corrected chi connectivity index (χ0v) is 12.4. The Morgan fingerprint density at radius 1 is 1.41 bits per heavy atom. The van der Waals surface area contributed by atoms with Crippen LogP contribution in [0.2, 0.25) is 0 Å². The van der Waals surface area contributed by atoms with Gasteiger partial charge in [0.15, 0.2) is 0 Å². The predicted octanol–water partition coefficient (Wildman–Crippen LogP) is 4.13. The smallest absolute Gasteiger partial charge is 0.0886 e. The van der Waals surface area contributed by atoms with E-state index < -0.39 is 0 Å². The number of hydrogen-bond acceptors (Lipinski definition) is 2. The molecule has 0 N–H and O–H groups in total. The van der Waals surface area contributed by atoms with Crippen LogP contribution in [0, 0.1) is 0 Å². The van der Waals surface area contributed by atoms with E-state index in [-0.39, 0.29) is 5.41 Å². The van der Waals surface area contributed by atoms with Crippen molar-refractivity contribution in [1.29, 1.82) is 0 Å². The molecule has 98 valence electrons. The Bertz CT molecular complexity index is 348. The fourth-order valence-corrected chi connectivity index (χ4v) is 1.68. The van der Waals surface area contributed by atoms with Crippen molar-refractivity contribution in [2.24, 2.45) is 0 Å². The molecule has 3 heteroatoms. The molecule has 0 bridgehead atoms. The summed E-state index contributed by atoms with van der Waals surface area (Å²) >= 11 is 0. The van der Waals surface area contributed by atoms with Gasteiger partial charge in [-0.2, -0.15) is 0 Å². The highest BCUT2D eigenvalue weighted by molar-refractivity contribution is 5.13. The van der Waals surface area contributed by atoms with Gasteiger partial charge in [-0.15, -0.1) is 11.7 Å². The topological polar surface area (TPSA) is 30.7 Å². The molecule has 0 amide bonds. The molecule has 1 aromatic rings. The van der Waals surface area contributed by atoms with Gasteiger partial charge in [0, 0.05) is 17.7 Å². The van der Waals surface area contributed by atoms with E-state index in [1.807, 2.05) is 24.7 Å². The fraction of sp³-hybridized carbons (Fsp3) is 0.714. The maximum Gasteiger partial charge on any atom is 0.0886 e. The maximum atomic E-state index is 4.23. The summed E-state index contributed by atoms with van der Waals surface area (Å²) in [5, 5.41) is 8.36. The molecule has 0 spiro atoms. The minimum Gasteiger partial charge on any atom is -0.250 e. The molecule has 1 rings (SSSR count). The van der Waals surface area contributed by atoms with Gasteiger partial charge in [0.2, 0.25) is 0 Å². The van der Waals surface area contributed by atoms with E-state index >= 15 is 0 Å². The number of hydrogen-bond donors (Lipinski definition) is 0. The summed E-state index contributed by atoms with van der Waals surface area (Å²) in [6.07, 6.45) is 2.98. The number of aromatic nitrogens is 3. The molecular formula is C14H27N3. The molecule has 0 atom stereocenters. The van der Waals surface area contributed by atoms with Crippen LogP contribution < -0.4 is 0 Å². The minimum atomic E-state index is 0.0268. The van der Waals surface area contributed by atoms with Crippen molar-refractivity contribution in [1.82, 2.24) is 15.0 Å². The molecular weight excluding hydrogens is 210 g/mol. The average Bonchev–Trinajstić information content (AvgIpc) is 2.68. The van der Waals surface area contributed by atoms with Crippen LogP contribution in [0.25, 0.3) is 0 Å². The third-order valence-electron chi connectivity index (χ3n) is 2.48. The summed E-state index contributed by atoms with van der Waals surface area (Å²) in [7, 11) is 0. The van der Waals surface area contributed by atoms with Crippen molar-refractivity contribution >= 4 is 0 Å². The Morgan fingerprint density at radius 3 is 2.29 bits per heavy atom. The molecule has 0 fully saturated rings. The fourth-order valence-electron chi connectivity index (χ4n) is 1.68. The first-order valence-corrected chi connectivity index (χ1v) is 6.39. The van der Waals surface area contributed by atoms with E-state index in [4.69, 9.17) is 0 Å². The van der Waals surface area contributed by atoms with Gasteiger partial charge >= 0.3 is 0 Å². The standard InChI is InChI=1S/C12H21N3.C2H6/c1-9(2)7-12(5,6)11-8-15(10(3)4)14-13-11;1-2/h8,10H,1,7H2,2-6H3;1-2H3. The Labute approximate surface area is 106 Å². The Morgan fingerprint density at radius 2 is 1.94 bits per heavy atom. The van der Waals surface area contributed by atoms with E-state index in [1.54, 1.807) is 0 Å². The molecule has 0 unspecified atom stereocenters. The molecule has 0 aliphatic rings. The highest BCUT2D eigenvalue weighted by Crippen LogP contribution is 2.28. The van der Waals surface area contributed by atoms with Gasteiger partial charge in [0.1, 0.15) is 0 Å². The maximum absolute atomic E-state index is 4.23. The Kier molecular flexibility index (Phi) is 6.14. The van der Waals surface area contributed by atoms with Crippen molar-refractivity contribution in [3.05, 3.63) is 24.0 Å². The second-order valence-corrected chi connectivity index (χ2v) is 5.20. The van der Waals surface area contributed by atoms with Crippen molar-refractivity contribution in [3.8, 4) is 0 Å². The van der Waals surface area contributed by atoms with Crippen LogP contribution in [0.15, 0.2) is 18.3 Å². The van der Waals surface area contributed by atoms with Gasteiger partial charge in [-0.05, 0) is 27.2 Å². The van der Waals surface area contributed by atoms with Crippen LogP contribution >= 0.6 is 0 Å². The summed E-state index contributed by atoms with van der Waals surface area (Å²) in [6, 6.07) is 0.367.